The van der Waals surface area contributed by atoms with Gasteiger partial charge in [-0.2, -0.15) is 32.1 Å². The minimum Gasteiger partial charge on any atom is -0.380 e. The Morgan fingerprint density at radius 2 is 1.77 bits per heavy atom. The third-order valence-corrected chi connectivity index (χ3v) is 12.2. The molecule has 1 spiro atoms. The summed E-state index contributed by atoms with van der Waals surface area (Å²) in [5.41, 5.74) is -1.01. The summed E-state index contributed by atoms with van der Waals surface area (Å²) in [4.78, 5) is 25.6. The van der Waals surface area contributed by atoms with Crippen LogP contribution in [0.1, 0.15) is 58.6 Å². The molecule has 2 aliphatic heterocycles. The number of rotatable bonds is 11. The molecule has 300 valence electrons. The van der Waals surface area contributed by atoms with E-state index in [1.807, 2.05) is 4.90 Å². The van der Waals surface area contributed by atoms with E-state index < -0.39 is 87.0 Å². The molecule has 3 aromatic heterocycles. The van der Waals surface area contributed by atoms with Gasteiger partial charge in [-0.05, 0) is 36.5 Å². The lowest BCUT2D eigenvalue weighted by Crippen LogP contribution is -2.66. The van der Waals surface area contributed by atoms with Crippen molar-refractivity contribution >= 4 is 32.5 Å². The number of nitrogens with zero attached hydrogens (tertiary/aromatic N) is 7. The fourth-order valence-corrected chi connectivity index (χ4v) is 9.60. The molecule has 1 saturated carbocycles. The molecular formula is C38H34F7N7O4S. The van der Waals surface area contributed by atoms with Crippen molar-refractivity contribution in [1.82, 2.24) is 29.5 Å². The number of hydrogen-bond acceptors (Lipinski definition) is 9. The molecule has 9 rings (SSSR count). The number of ether oxygens (including phenoxy) is 1. The number of para-hydroxylation sites is 1. The lowest BCUT2D eigenvalue weighted by Gasteiger charge is -2.54. The van der Waals surface area contributed by atoms with Crippen LogP contribution in [-0.4, -0.2) is 76.3 Å². The molecule has 0 bridgehead atoms. The molecule has 2 aromatic carbocycles. The number of aryl methyl sites for hydroxylation is 1. The Hall–Kier alpha value is -4.91. The third kappa shape index (κ3) is 6.55. The van der Waals surface area contributed by atoms with E-state index in [-0.39, 0.29) is 46.9 Å². The van der Waals surface area contributed by atoms with Gasteiger partial charge in [-0.15, -0.1) is 0 Å². The quantitative estimate of drug-likeness (QED) is 0.146. The van der Waals surface area contributed by atoms with Gasteiger partial charge in [0, 0.05) is 79.0 Å². The first-order valence-electron chi connectivity index (χ1n) is 18.2. The molecule has 2 aliphatic carbocycles. The van der Waals surface area contributed by atoms with Crippen LogP contribution in [0.5, 0.6) is 0 Å². The van der Waals surface area contributed by atoms with Crippen molar-refractivity contribution in [2.24, 2.45) is 18.4 Å². The van der Waals surface area contributed by atoms with E-state index in [4.69, 9.17) is 9.72 Å². The van der Waals surface area contributed by atoms with Crippen molar-refractivity contribution in [1.29, 1.82) is 0 Å². The second-order valence-electron chi connectivity index (χ2n) is 15.9. The number of fused-ring (bicyclic) bond motifs is 4. The lowest BCUT2D eigenvalue weighted by atomic mass is 9.78. The minimum atomic E-state index is -5.03. The van der Waals surface area contributed by atoms with Gasteiger partial charge >= 0.3 is 6.18 Å². The van der Waals surface area contributed by atoms with Crippen LogP contribution >= 0.6 is 0 Å². The smallest absolute Gasteiger partial charge is 0.380 e. The number of anilines is 1. The maximum absolute atomic E-state index is 15.4. The molecule has 3 atom stereocenters. The number of hydrogen-bond donors (Lipinski definition) is 0. The zero-order valence-electron chi connectivity index (χ0n) is 30.5. The van der Waals surface area contributed by atoms with Crippen LogP contribution in [0.15, 0.2) is 42.6 Å². The Morgan fingerprint density at radius 1 is 1.05 bits per heavy atom. The molecule has 4 aliphatic rings. The van der Waals surface area contributed by atoms with Gasteiger partial charge in [-0.3, -0.25) is 14.2 Å². The maximum atomic E-state index is 15.4. The molecule has 11 nitrogen and oxygen atoms in total. The molecule has 57 heavy (non-hydrogen) atoms. The summed E-state index contributed by atoms with van der Waals surface area (Å²) < 4.78 is 134. The molecule has 19 heteroatoms. The van der Waals surface area contributed by atoms with Crippen molar-refractivity contribution in [3.05, 3.63) is 88.1 Å². The fourth-order valence-electron chi connectivity index (χ4n) is 8.89. The second-order valence-corrected chi connectivity index (χ2v) is 18.1. The molecule has 3 fully saturated rings. The summed E-state index contributed by atoms with van der Waals surface area (Å²) in [5, 5.41) is 8.50. The van der Waals surface area contributed by atoms with Gasteiger partial charge in [0.15, 0.2) is 21.3 Å². The van der Waals surface area contributed by atoms with Crippen molar-refractivity contribution in [3.63, 3.8) is 0 Å². The van der Waals surface area contributed by atoms with Crippen LogP contribution in [0.3, 0.4) is 0 Å². The number of carbonyl (C=O) groups excluding carboxylic acids is 1. The number of benzene rings is 2. The van der Waals surface area contributed by atoms with E-state index in [1.54, 1.807) is 25.2 Å². The summed E-state index contributed by atoms with van der Waals surface area (Å²) in [6.07, 6.45) is -3.23. The molecule has 0 radical (unpaired) electrons. The van der Waals surface area contributed by atoms with Gasteiger partial charge in [0.05, 0.1) is 41.3 Å². The van der Waals surface area contributed by atoms with Crippen LogP contribution in [0, 0.1) is 23.0 Å². The Morgan fingerprint density at radius 3 is 2.42 bits per heavy atom. The van der Waals surface area contributed by atoms with E-state index in [0.717, 1.165) is 18.4 Å². The first-order valence-corrected chi connectivity index (χ1v) is 20.2. The standard InChI is InChI=1S/C38H34F7N7O4S/c1-50-32-24(4-3-5-25(32)29(48-50)14-57(2,54)55)27-12-46-35(51-15-36(16-51)17-56-18-36)47-31(27)20(6-19-7-21(39)10-22(40)8-19)9-23(53)13-52-34-30(33(49-52)38(43,44)45)26-11-28(26)37(34,41)42/h3-5,7-8,10,12,20,26,28H,6,9,11,13-18H2,1-2H3/t20-,26+,28-/m1/s1. The Labute approximate surface area is 320 Å². The summed E-state index contributed by atoms with van der Waals surface area (Å²) in [6, 6.07) is 7.96. The summed E-state index contributed by atoms with van der Waals surface area (Å²) in [7, 11) is -1.88. The third-order valence-electron chi connectivity index (χ3n) is 11.4. The lowest BCUT2D eigenvalue weighted by molar-refractivity contribution is -0.142. The molecule has 0 unspecified atom stereocenters. The number of ketones is 1. The van der Waals surface area contributed by atoms with Gasteiger partial charge in [-0.25, -0.2) is 27.2 Å². The molecular weight excluding hydrogens is 784 g/mol. The highest BCUT2D eigenvalue weighted by Gasteiger charge is 2.68. The topological polar surface area (TPSA) is 125 Å². The molecule has 0 N–H and O–H groups in total. The van der Waals surface area contributed by atoms with Crippen LogP contribution in [-0.2, 0) is 57.2 Å². The normalized spacial score (nSPS) is 21.0. The number of sulfone groups is 1. The SMILES string of the molecule is Cn1nc(CS(C)(=O)=O)c2cccc(-c3cnc(N4CC5(COC5)C4)nc3[C@@H](CC(=O)Cn3nc(C(F)(F)F)c4c3C(F)(F)[C@@H]3C[C@H]43)Cc3cc(F)cc(F)c3)c21. The van der Waals surface area contributed by atoms with E-state index in [2.05, 4.69) is 15.2 Å². The molecule has 5 aromatic rings. The maximum Gasteiger partial charge on any atom is 0.435 e. The fraction of sp³-hybridized carbons (Fsp3) is 0.447. The minimum absolute atomic E-state index is 0.0606. The number of Topliss-reactive ketones (excluding diaryl/α,β-unsaturated/α-hetero) is 1. The monoisotopic (exact) mass is 817 g/mol. The first-order chi connectivity index (χ1) is 26.8. The second kappa shape index (κ2) is 12.8. The zero-order valence-corrected chi connectivity index (χ0v) is 31.3. The highest BCUT2D eigenvalue weighted by atomic mass is 32.2. The highest BCUT2D eigenvalue weighted by molar-refractivity contribution is 7.89. The van der Waals surface area contributed by atoms with Gasteiger partial charge in [0.25, 0.3) is 5.92 Å². The van der Waals surface area contributed by atoms with E-state index in [0.29, 0.717) is 59.1 Å². The summed E-state index contributed by atoms with van der Waals surface area (Å²) in [6.45, 7) is 1.33. The summed E-state index contributed by atoms with van der Waals surface area (Å²) >= 11 is 0. The molecule has 0 amide bonds. The van der Waals surface area contributed by atoms with E-state index >= 15 is 8.78 Å². The van der Waals surface area contributed by atoms with Crippen molar-refractivity contribution in [3.8, 4) is 11.1 Å². The van der Waals surface area contributed by atoms with E-state index in [9.17, 15) is 35.2 Å². The van der Waals surface area contributed by atoms with Gasteiger partial charge in [0.2, 0.25) is 5.95 Å². The predicted octanol–water partition coefficient (Wildman–Crippen LogP) is 6.10. The van der Waals surface area contributed by atoms with Gasteiger partial charge in [0.1, 0.15) is 23.9 Å². The van der Waals surface area contributed by atoms with E-state index in [1.165, 1.54) is 10.9 Å². The van der Waals surface area contributed by atoms with Crippen LogP contribution in [0.2, 0.25) is 0 Å². The Bertz CT molecular complexity index is 2580. The van der Waals surface area contributed by atoms with Crippen LogP contribution in [0.4, 0.5) is 36.7 Å². The Kier molecular flexibility index (Phi) is 8.45. The number of alkyl halides is 5. The molecule has 2 saturated heterocycles. The zero-order chi connectivity index (χ0) is 40.4. The highest BCUT2D eigenvalue weighted by Crippen LogP contribution is 2.68. The number of halogens is 7. The van der Waals surface area contributed by atoms with Crippen LogP contribution in [0.25, 0.3) is 22.0 Å². The first kappa shape index (κ1) is 37.7. The van der Waals surface area contributed by atoms with Gasteiger partial charge in [-0.1, -0.05) is 18.2 Å². The Balaban J connectivity index is 1.16. The van der Waals surface area contributed by atoms with Crippen molar-refractivity contribution in [2.45, 2.75) is 55.5 Å². The van der Waals surface area contributed by atoms with Crippen molar-refractivity contribution in [2.75, 3.05) is 37.5 Å². The average molecular weight is 818 g/mol. The van der Waals surface area contributed by atoms with Gasteiger partial charge < -0.3 is 9.64 Å². The average Bonchev–Trinajstić information content (AvgIpc) is 3.62. The van der Waals surface area contributed by atoms with Crippen molar-refractivity contribution < 1.29 is 48.7 Å². The number of aromatic nitrogens is 6. The summed E-state index contributed by atoms with van der Waals surface area (Å²) in [5.74, 6) is -9.59. The molecule has 5 heterocycles. The predicted molar refractivity (Wildman–Crippen MR) is 190 cm³/mol. The largest absolute Gasteiger partial charge is 0.435 e. The number of carbonyl (C=O) groups is 1. The van der Waals surface area contributed by atoms with Crippen LogP contribution < -0.4 is 4.90 Å².